The standard InChI is InChI=1S/C11H20O2/c1-3-5-7-10(12)9-11(13)8-6-4-2/h3-4,10-13H,1-2,5-9H2/t10-,11-/m0/s1. The lowest BCUT2D eigenvalue weighted by Crippen LogP contribution is -2.17. The zero-order valence-corrected chi connectivity index (χ0v) is 8.15. The summed E-state index contributed by atoms with van der Waals surface area (Å²) in [5.41, 5.74) is 0. The molecular formula is C11H20O2. The Hall–Kier alpha value is -0.600. The molecule has 0 aromatic rings. The third-order valence-electron chi connectivity index (χ3n) is 1.95. The Morgan fingerprint density at radius 1 is 0.923 bits per heavy atom. The van der Waals surface area contributed by atoms with Crippen LogP contribution in [0.2, 0.25) is 0 Å². The lowest BCUT2D eigenvalue weighted by Gasteiger charge is -2.13. The zero-order chi connectivity index (χ0) is 10.1. The third-order valence-corrected chi connectivity index (χ3v) is 1.95. The first-order chi connectivity index (χ1) is 6.20. The van der Waals surface area contributed by atoms with Gasteiger partial charge in [0.15, 0.2) is 0 Å². The lowest BCUT2D eigenvalue weighted by atomic mass is 10.0. The minimum absolute atomic E-state index is 0.405. The largest absolute Gasteiger partial charge is 0.393 e. The average Bonchev–Trinajstić information content (AvgIpc) is 2.11. The van der Waals surface area contributed by atoms with Crippen molar-refractivity contribution in [2.24, 2.45) is 0 Å². The summed E-state index contributed by atoms with van der Waals surface area (Å²) in [6, 6.07) is 0. The minimum Gasteiger partial charge on any atom is -0.393 e. The number of hydrogen-bond donors (Lipinski definition) is 2. The molecule has 2 nitrogen and oxygen atoms in total. The molecular weight excluding hydrogens is 164 g/mol. The summed E-state index contributed by atoms with van der Waals surface area (Å²) in [6.45, 7) is 7.15. The number of aliphatic hydroxyl groups excluding tert-OH is 2. The summed E-state index contributed by atoms with van der Waals surface area (Å²) in [5, 5.41) is 18.8. The van der Waals surface area contributed by atoms with Gasteiger partial charge in [-0.05, 0) is 32.1 Å². The van der Waals surface area contributed by atoms with Crippen LogP contribution in [0.4, 0.5) is 0 Å². The van der Waals surface area contributed by atoms with E-state index in [4.69, 9.17) is 0 Å². The molecule has 0 rings (SSSR count). The van der Waals surface area contributed by atoms with Crippen LogP contribution in [-0.4, -0.2) is 22.4 Å². The van der Waals surface area contributed by atoms with Crippen molar-refractivity contribution in [2.75, 3.05) is 0 Å². The molecule has 2 atom stereocenters. The molecule has 0 heterocycles. The van der Waals surface area contributed by atoms with E-state index in [2.05, 4.69) is 13.2 Å². The smallest absolute Gasteiger partial charge is 0.0567 e. The molecule has 0 saturated carbocycles. The molecule has 0 spiro atoms. The Labute approximate surface area is 80.6 Å². The molecule has 0 unspecified atom stereocenters. The normalized spacial score (nSPS) is 14.9. The first-order valence-corrected chi connectivity index (χ1v) is 4.78. The Kier molecular flexibility index (Phi) is 7.65. The van der Waals surface area contributed by atoms with Gasteiger partial charge in [0.2, 0.25) is 0 Å². The van der Waals surface area contributed by atoms with E-state index < -0.39 is 12.2 Å². The van der Waals surface area contributed by atoms with Crippen molar-refractivity contribution in [3.05, 3.63) is 25.3 Å². The molecule has 0 radical (unpaired) electrons. The second-order valence-corrected chi connectivity index (χ2v) is 3.28. The van der Waals surface area contributed by atoms with Crippen molar-refractivity contribution in [3.63, 3.8) is 0 Å². The predicted octanol–water partition coefficient (Wildman–Crippen LogP) is 2.03. The molecule has 0 amide bonds. The maximum atomic E-state index is 9.42. The van der Waals surface area contributed by atoms with Crippen LogP contribution < -0.4 is 0 Å². The number of rotatable bonds is 8. The van der Waals surface area contributed by atoms with Crippen LogP contribution in [0.3, 0.4) is 0 Å². The fourth-order valence-electron chi connectivity index (χ4n) is 1.17. The summed E-state index contributed by atoms with van der Waals surface area (Å²) >= 11 is 0. The molecule has 76 valence electrons. The monoisotopic (exact) mass is 184 g/mol. The van der Waals surface area contributed by atoms with Gasteiger partial charge in [-0.3, -0.25) is 0 Å². The molecule has 13 heavy (non-hydrogen) atoms. The number of hydrogen-bond acceptors (Lipinski definition) is 2. The molecule has 0 fully saturated rings. The molecule has 0 aliphatic carbocycles. The first-order valence-electron chi connectivity index (χ1n) is 4.78. The van der Waals surface area contributed by atoms with Gasteiger partial charge in [-0.2, -0.15) is 0 Å². The van der Waals surface area contributed by atoms with Gasteiger partial charge < -0.3 is 10.2 Å². The van der Waals surface area contributed by atoms with E-state index in [0.29, 0.717) is 19.3 Å². The highest BCUT2D eigenvalue weighted by Crippen LogP contribution is 2.09. The number of allylic oxidation sites excluding steroid dienone is 2. The van der Waals surface area contributed by atoms with Crippen LogP contribution in [0.25, 0.3) is 0 Å². The van der Waals surface area contributed by atoms with E-state index in [1.54, 1.807) is 12.2 Å². The van der Waals surface area contributed by atoms with E-state index in [9.17, 15) is 10.2 Å². The van der Waals surface area contributed by atoms with Crippen molar-refractivity contribution in [2.45, 2.75) is 44.3 Å². The zero-order valence-electron chi connectivity index (χ0n) is 8.15. The summed E-state index contributed by atoms with van der Waals surface area (Å²) in [6.07, 6.45) is 6.18. The Balaban J connectivity index is 3.45. The Bertz CT molecular complexity index is 127. The van der Waals surface area contributed by atoms with Crippen LogP contribution in [0.5, 0.6) is 0 Å². The van der Waals surface area contributed by atoms with Gasteiger partial charge >= 0.3 is 0 Å². The summed E-state index contributed by atoms with van der Waals surface area (Å²) in [4.78, 5) is 0. The summed E-state index contributed by atoms with van der Waals surface area (Å²) < 4.78 is 0. The maximum absolute atomic E-state index is 9.42. The van der Waals surface area contributed by atoms with Crippen LogP contribution in [0.15, 0.2) is 25.3 Å². The molecule has 0 aromatic heterocycles. The van der Waals surface area contributed by atoms with E-state index >= 15 is 0 Å². The van der Waals surface area contributed by atoms with Crippen molar-refractivity contribution in [1.82, 2.24) is 0 Å². The van der Waals surface area contributed by atoms with Crippen molar-refractivity contribution < 1.29 is 10.2 Å². The fourth-order valence-corrected chi connectivity index (χ4v) is 1.17. The minimum atomic E-state index is -0.405. The van der Waals surface area contributed by atoms with Gasteiger partial charge in [0.25, 0.3) is 0 Å². The molecule has 2 N–H and O–H groups in total. The van der Waals surface area contributed by atoms with E-state index in [1.165, 1.54) is 0 Å². The predicted molar refractivity (Wildman–Crippen MR) is 55.5 cm³/mol. The summed E-state index contributed by atoms with van der Waals surface area (Å²) in [7, 11) is 0. The van der Waals surface area contributed by atoms with Gasteiger partial charge in [-0.1, -0.05) is 12.2 Å². The number of aliphatic hydroxyl groups is 2. The molecule has 0 aromatic carbocycles. The van der Waals surface area contributed by atoms with Gasteiger partial charge in [-0.15, -0.1) is 13.2 Å². The SMILES string of the molecule is C=CCC[C@H](O)C[C@@H](O)CCC=C. The maximum Gasteiger partial charge on any atom is 0.0567 e. The van der Waals surface area contributed by atoms with E-state index in [-0.39, 0.29) is 0 Å². The second kappa shape index (κ2) is 8.02. The van der Waals surface area contributed by atoms with Crippen molar-refractivity contribution >= 4 is 0 Å². The molecule has 0 bridgehead atoms. The highest BCUT2D eigenvalue weighted by atomic mass is 16.3. The van der Waals surface area contributed by atoms with Gasteiger partial charge in [0, 0.05) is 0 Å². The fraction of sp³-hybridized carbons (Fsp3) is 0.636. The van der Waals surface area contributed by atoms with Gasteiger partial charge in [-0.25, -0.2) is 0 Å². The van der Waals surface area contributed by atoms with Crippen LogP contribution in [0, 0.1) is 0 Å². The highest BCUT2D eigenvalue weighted by Gasteiger charge is 2.09. The first kappa shape index (κ1) is 12.4. The molecule has 2 heteroatoms. The van der Waals surface area contributed by atoms with Crippen molar-refractivity contribution in [3.8, 4) is 0 Å². The average molecular weight is 184 g/mol. The topological polar surface area (TPSA) is 40.5 Å². The van der Waals surface area contributed by atoms with Crippen molar-refractivity contribution in [1.29, 1.82) is 0 Å². The molecule has 0 aliphatic heterocycles. The lowest BCUT2D eigenvalue weighted by molar-refractivity contribution is 0.0722. The van der Waals surface area contributed by atoms with Gasteiger partial charge in [0.05, 0.1) is 12.2 Å². The van der Waals surface area contributed by atoms with Gasteiger partial charge in [0.1, 0.15) is 0 Å². The second-order valence-electron chi connectivity index (χ2n) is 3.28. The molecule has 0 saturated heterocycles. The Morgan fingerprint density at radius 3 is 1.62 bits per heavy atom. The van der Waals surface area contributed by atoms with E-state index in [0.717, 1.165) is 12.8 Å². The van der Waals surface area contributed by atoms with Crippen LogP contribution >= 0.6 is 0 Å². The third kappa shape index (κ3) is 7.75. The van der Waals surface area contributed by atoms with E-state index in [1.807, 2.05) is 0 Å². The quantitative estimate of drug-likeness (QED) is 0.567. The summed E-state index contributed by atoms with van der Waals surface area (Å²) in [5.74, 6) is 0. The highest BCUT2D eigenvalue weighted by molar-refractivity contribution is 4.73. The van der Waals surface area contributed by atoms with Crippen LogP contribution in [0.1, 0.15) is 32.1 Å². The Morgan fingerprint density at radius 2 is 1.31 bits per heavy atom. The van der Waals surface area contributed by atoms with Crippen LogP contribution in [-0.2, 0) is 0 Å². The molecule has 0 aliphatic rings.